The van der Waals surface area contributed by atoms with Crippen LogP contribution >= 0.6 is 11.6 Å². The Balaban J connectivity index is 1.98. The van der Waals surface area contributed by atoms with Gasteiger partial charge in [0.05, 0.1) is 12.1 Å². The summed E-state index contributed by atoms with van der Waals surface area (Å²) in [5.41, 5.74) is 1.71. The molecule has 0 saturated heterocycles. The summed E-state index contributed by atoms with van der Waals surface area (Å²) < 4.78 is 0. The van der Waals surface area contributed by atoms with E-state index in [0.29, 0.717) is 22.0 Å². The first-order valence-electron chi connectivity index (χ1n) is 6.70. The van der Waals surface area contributed by atoms with Crippen molar-refractivity contribution in [3.05, 3.63) is 59.1 Å². The summed E-state index contributed by atoms with van der Waals surface area (Å²) in [6.45, 7) is 0.0422. The summed E-state index contributed by atoms with van der Waals surface area (Å²) in [5.74, 6) is -0.438. The van der Waals surface area contributed by atoms with Crippen LogP contribution in [0.5, 0.6) is 0 Å². The highest BCUT2D eigenvalue weighted by Gasteiger charge is 2.10. The first-order valence-corrected chi connectivity index (χ1v) is 7.08. The predicted molar refractivity (Wildman–Crippen MR) is 88.4 cm³/mol. The molecule has 2 aromatic rings. The minimum absolute atomic E-state index is 0.0422. The SMILES string of the molecule is CNC(=O)c1ccccc1NCC(=O)Nc1cccc(Cl)c1. The minimum Gasteiger partial charge on any atom is -0.376 e. The molecule has 0 saturated carbocycles. The molecule has 0 aliphatic rings. The van der Waals surface area contributed by atoms with Crippen LogP contribution in [0.3, 0.4) is 0 Å². The van der Waals surface area contributed by atoms with Gasteiger partial charge in [-0.25, -0.2) is 0 Å². The van der Waals surface area contributed by atoms with Crippen molar-refractivity contribution < 1.29 is 9.59 Å². The largest absolute Gasteiger partial charge is 0.376 e. The Labute approximate surface area is 133 Å². The standard InChI is InChI=1S/C16H16ClN3O2/c1-18-16(22)13-7-2-3-8-14(13)19-10-15(21)20-12-6-4-5-11(17)9-12/h2-9,19H,10H2,1H3,(H,18,22)(H,20,21). The van der Waals surface area contributed by atoms with Crippen molar-refractivity contribution in [1.82, 2.24) is 5.32 Å². The number of para-hydroxylation sites is 1. The lowest BCUT2D eigenvalue weighted by Crippen LogP contribution is -2.24. The Morgan fingerprint density at radius 1 is 1.09 bits per heavy atom. The zero-order chi connectivity index (χ0) is 15.9. The van der Waals surface area contributed by atoms with Gasteiger partial charge in [0.15, 0.2) is 0 Å². The normalized spacial score (nSPS) is 9.91. The number of hydrogen-bond acceptors (Lipinski definition) is 3. The number of halogens is 1. The fraction of sp³-hybridized carbons (Fsp3) is 0.125. The lowest BCUT2D eigenvalue weighted by atomic mass is 10.1. The van der Waals surface area contributed by atoms with Crippen LogP contribution in [-0.4, -0.2) is 25.4 Å². The molecule has 0 aromatic heterocycles. The van der Waals surface area contributed by atoms with E-state index in [9.17, 15) is 9.59 Å². The summed E-state index contributed by atoms with van der Waals surface area (Å²) in [5, 5.41) is 8.80. The van der Waals surface area contributed by atoms with Crippen LogP contribution in [0.1, 0.15) is 10.4 Å². The number of anilines is 2. The maximum absolute atomic E-state index is 11.9. The number of rotatable bonds is 5. The van der Waals surface area contributed by atoms with Crippen molar-refractivity contribution in [2.45, 2.75) is 0 Å². The quantitative estimate of drug-likeness (QED) is 0.794. The molecule has 114 valence electrons. The molecule has 0 aliphatic carbocycles. The summed E-state index contributed by atoms with van der Waals surface area (Å²) >= 11 is 5.86. The molecule has 2 rings (SSSR count). The van der Waals surface area contributed by atoms with E-state index in [4.69, 9.17) is 11.6 Å². The van der Waals surface area contributed by atoms with Crippen LogP contribution in [-0.2, 0) is 4.79 Å². The third-order valence-corrected chi connectivity index (χ3v) is 3.18. The Morgan fingerprint density at radius 2 is 1.86 bits per heavy atom. The summed E-state index contributed by atoms with van der Waals surface area (Å²) in [4.78, 5) is 23.7. The van der Waals surface area contributed by atoms with Gasteiger partial charge < -0.3 is 16.0 Å². The number of hydrogen-bond donors (Lipinski definition) is 3. The monoisotopic (exact) mass is 317 g/mol. The van der Waals surface area contributed by atoms with E-state index in [2.05, 4.69) is 16.0 Å². The van der Waals surface area contributed by atoms with Crippen LogP contribution < -0.4 is 16.0 Å². The molecule has 22 heavy (non-hydrogen) atoms. The van der Waals surface area contributed by atoms with Gasteiger partial charge in [-0.2, -0.15) is 0 Å². The molecule has 0 atom stereocenters. The van der Waals surface area contributed by atoms with Crippen LogP contribution in [0.4, 0.5) is 11.4 Å². The van der Waals surface area contributed by atoms with E-state index >= 15 is 0 Å². The van der Waals surface area contributed by atoms with Crippen LogP contribution in [0.25, 0.3) is 0 Å². The second-order valence-electron chi connectivity index (χ2n) is 4.54. The fourth-order valence-electron chi connectivity index (χ4n) is 1.92. The van der Waals surface area contributed by atoms with Gasteiger partial charge in [0.2, 0.25) is 5.91 Å². The Morgan fingerprint density at radius 3 is 2.59 bits per heavy atom. The first kappa shape index (κ1) is 15.9. The zero-order valence-electron chi connectivity index (χ0n) is 12.0. The number of nitrogens with one attached hydrogen (secondary N) is 3. The molecule has 0 aliphatic heterocycles. The minimum atomic E-state index is -0.228. The van der Waals surface area contributed by atoms with Crippen molar-refractivity contribution >= 4 is 34.8 Å². The lowest BCUT2D eigenvalue weighted by molar-refractivity contribution is -0.114. The molecular weight excluding hydrogens is 302 g/mol. The van der Waals surface area contributed by atoms with Gasteiger partial charge in [0.1, 0.15) is 0 Å². The topological polar surface area (TPSA) is 70.2 Å². The molecule has 0 spiro atoms. The maximum atomic E-state index is 11.9. The van der Waals surface area contributed by atoms with Gasteiger partial charge in [-0.05, 0) is 30.3 Å². The van der Waals surface area contributed by atoms with Crippen LogP contribution in [0, 0.1) is 0 Å². The van der Waals surface area contributed by atoms with Crippen molar-refractivity contribution in [1.29, 1.82) is 0 Å². The molecule has 0 fully saturated rings. The van der Waals surface area contributed by atoms with Crippen molar-refractivity contribution in [3.63, 3.8) is 0 Å². The van der Waals surface area contributed by atoms with E-state index in [0.717, 1.165) is 0 Å². The summed E-state index contributed by atoms with van der Waals surface area (Å²) in [6.07, 6.45) is 0. The molecule has 0 bridgehead atoms. The number of benzene rings is 2. The van der Waals surface area contributed by atoms with Gasteiger partial charge in [-0.1, -0.05) is 29.8 Å². The van der Waals surface area contributed by atoms with E-state index < -0.39 is 0 Å². The third-order valence-electron chi connectivity index (χ3n) is 2.95. The average Bonchev–Trinajstić information content (AvgIpc) is 2.52. The van der Waals surface area contributed by atoms with Gasteiger partial charge in [0.25, 0.3) is 5.91 Å². The molecule has 3 N–H and O–H groups in total. The van der Waals surface area contributed by atoms with Gasteiger partial charge >= 0.3 is 0 Å². The fourth-order valence-corrected chi connectivity index (χ4v) is 2.11. The van der Waals surface area contributed by atoms with Gasteiger partial charge in [-0.3, -0.25) is 9.59 Å². The van der Waals surface area contributed by atoms with Crippen molar-refractivity contribution in [2.24, 2.45) is 0 Å². The molecule has 0 radical (unpaired) electrons. The molecule has 6 heteroatoms. The molecule has 2 amide bonds. The Kier molecular flexibility index (Phi) is 5.38. The average molecular weight is 318 g/mol. The maximum Gasteiger partial charge on any atom is 0.253 e. The molecule has 0 heterocycles. The highest BCUT2D eigenvalue weighted by Crippen LogP contribution is 2.16. The van der Waals surface area contributed by atoms with Gasteiger partial charge in [0, 0.05) is 23.4 Å². The third kappa shape index (κ3) is 4.23. The van der Waals surface area contributed by atoms with Gasteiger partial charge in [-0.15, -0.1) is 0 Å². The van der Waals surface area contributed by atoms with E-state index in [1.165, 1.54) is 0 Å². The van der Waals surface area contributed by atoms with Crippen LogP contribution in [0.2, 0.25) is 5.02 Å². The lowest BCUT2D eigenvalue weighted by Gasteiger charge is -2.11. The Bertz CT molecular complexity index is 689. The molecule has 2 aromatic carbocycles. The highest BCUT2D eigenvalue weighted by molar-refractivity contribution is 6.30. The highest BCUT2D eigenvalue weighted by atomic mass is 35.5. The summed E-state index contributed by atoms with van der Waals surface area (Å²) in [6, 6.07) is 13.9. The zero-order valence-corrected chi connectivity index (χ0v) is 12.8. The molecule has 5 nitrogen and oxygen atoms in total. The van der Waals surface area contributed by atoms with E-state index in [-0.39, 0.29) is 18.4 Å². The van der Waals surface area contributed by atoms with Crippen molar-refractivity contribution in [2.75, 3.05) is 24.2 Å². The van der Waals surface area contributed by atoms with Crippen LogP contribution in [0.15, 0.2) is 48.5 Å². The predicted octanol–water partition coefficient (Wildman–Crippen LogP) is 2.75. The van der Waals surface area contributed by atoms with E-state index in [1.54, 1.807) is 55.6 Å². The second kappa shape index (κ2) is 7.47. The second-order valence-corrected chi connectivity index (χ2v) is 4.97. The smallest absolute Gasteiger partial charge is 0.253 e. The van der Waals surface area contributed by atoms with E-state index in [1.807, 2.05) is 0 Å². The summed E-state index contributed by atoms with van der Waals surface area (Å²) in [7, 11) is 1.56. The number of amides is 2. The molecular formula is C16H16ClN3O2. The number of carbonyl (C=O) groups excluding carboxylic acids is 2. The number of carbonyl (C=O) groups is 2. The van der Waals surface area contributed by atoms with Crippen molar-refractivity contribution in [3.8, 4) is 0 Å². The molecule has 0 unspecified atom stereocenters. The Hall–Kier alpha value is -2.53. The first-order chi connectivity index (χ1) is 10.6.